The van der Waals surface area contributed by atoms with E-state index in [9.17, 15) is 4.79 Å². The van der Waals surface area contributed by atoms with Gasteiger partial charge in [0.15, 0.2) is 11.5 Å². The molecule has 2 heterocycles. The first-order valence-electron chi connectivity index (χ1n) is 11.9. The van der Waals surface area contributed by atoms with Crippen molar-refractivity contribution in [2.24, 2.45) is 0 Å². The first-order valence-corrected chi connectivity index (χ1v) is 11.9. The number of carbonyl (C=O) groups is 1. The minimum atomic E-state index is -0.134. The number of carbonyl (C=O) groups excluding carboxylic acids is 1. The molecular formula is C27H35N3O4. The molecule has 7 nitrogen and oxygen atoms in total. The third-order valence-electron chi connectivity index (χ3n) is 7.02. The zero-order chi connectivity index (χ0) is 24.2. The quantitative estimate of drug-likeness (QED) is 0.488. The van der Waals surface area contributed by atoms with Crippen molar-refractivity contribution in [3.05, 3.63) is 53.7 Å². The lowest BCUT2D eigenvalue weighted by Gasteiger charge is -2.31. The maximum atomic E-state index is 13.9. The summed E-state index contributed by atoms with van der Waals surface area (Å²) in [6.45, 7) is 3.85. The van der Waals surface area contributed by atoms with Crippen LogP contribution in [0.4, 0.5) is 0 Å². The van der Waals surface area contributed by atoms with Gasteiger partial charge >= 0.3 is 0 Å². The van der Waals surface area contributed by atoms with Crippen LogP contribution in [-0.2, 0) is 0 Å². The predicted octanol–water partition coefficient (Wildman–Crippen LogP) is 4.88. The lowest BCUT2D eigenvalue weighted by molar-refractivity contribution is 0.0669. The number of ether oxygens (including phenoxy) is 3. The Bertz CT molecular complexity index is 1080. The number of nitrogens with one attached hydrogen (secondary N) is 1. The maximum absolute atomic E-state index is 13.9. The van der Waals surface area contributed by atoms with E-state index in [1.807, 2.05) is 17.0 Å². The number of methoxy groups -OCH3 is 3. The summed E-state index contributed by atoms with van der Waals surface area (Å²) in [6, 6.07) is 14.1. The van der Waals surface area contributed by atoms with E-state index in [1.165, 1.54) is 12.8 Å². The number of nitrogens with zero attached hydrogens (tertiary/aromatic N) is 2. The molecule has 0 spiro atoms. The van der Waals surface area contributed by atoms with Gasteiger partial charge in [0, 0.05) is 29.4 Å². The number of aromatic nitrogens is 1. The van der Waals surface area contributed by atoms with Gasteiger partial charge in [-0.15, -0.1) is 0 Å². The number of fused-ring (bicyclic) bond motifs is 1. The normalized spacial score (nSPS) is 17.0. The Labute approximate surface area is 201 Å². The van der Waals surface area contributed by atoms with Gasteiger partial charge in [-0.1, -0.05) is 18.2 Å². The molecule has 1 fully saturated rings. The first-order chi connectivity index (χ1) is 16.5. The van der Waals surface area contributed by atoms with Crippen LogP contribution >= 0.6 is 0 Å². The summed E-state index contributed by atoms with van der Waals surface area (Å²) in [5, 5.41) is 1.14. The van der Waals surface area contributed by atoms with Crippen LogP contribution in [0.15, 0.2) is 42.5 Å². The molecule has 4 rings (SSSR count). The Balaban J connectivity index is 1.68. The SMILES string of the molecule is COc1cc(C(=O)N(CCC2CCCN2C)C(C)c2cc3ccccc3[nH]2)cc(OC)c1OC. The molecule has 0 saturated carbocycles. The van der Waals surface area contributed by atoms with Crippen molar-refractivity contribution in [2.45, 2.75) is 38.3 Å². The summed E-state index contributed by atoms with van der Waals surface area (Å²) in [7, 11) is 6.85. The van der Waals surface area contributed by atoms with Gasteiger partial charge in [0.1, 0.15) is 0 Å². The van der Waals surface area contributed by atoms with E-state index >= 15 is 0 Å². The summed E-state index contributed by atoms with van der Waals surface area (Å²) in [6.07, 6.45) is 3.31. The van der Waals surface area contributed by atoms with Crippen LogP contribution in [0.1, 0.15) is 48.3 Å². The number of hydrogen-bond donors (Lipinski definition) is 1. The number of benzene rings is 2. The molecule has 3 aromatic rings. The molecule has 7 heteroatoms. The van der Waals surface area contributed by atoms with Gasteiger partial charge in [-0.2, -0.15) is 0 Å². The minimum Gasteiger partial charge on any atom is -0.493 e. The summed E-state index contributed by atoms with van der Waals surface area (Å²) in [5.41, 5.74) is 2.60. The van der Waals surface area contributed by atoms with Crippen molar-refractivity contribution in [3.63, 3.8) is 0 Å². The lowest BCUT2D eigenvalue weighted by Crippen LogP contribution is -2.37. The van der Waals surface area contributed by atoms with Crippen LogP contribution in [-0.4, -0.2) is 68.2 Å². The van der Waals surface area contributed by atoms with E-state index < -0.39 is 0 Å². The number of hydrogen-bond acceptors (Lipinski definition) is 5. The zero-order valence-electron chi connectivity index (χ0n) is 20.8. The second-order valence-electron chi connectivity index (χ2n) is 8.97. The van der Waals surface area contributed by atoms with Gasteiger partial charge in [-0.05, 0) is 69.4 Å². The van der Waals surface area contributed by atoms with Crippen LogP contribution in [0.2, 0.25) is 0 Å². The molecule has 1 aliphatic heterocycles. The molecule has 1 N–H and O–H groups in total. The number of likely N-dealkylation sites (tertiary alicyclic amines) is 1. The van der Waals surface area contributed by atoms with Crippen molar-refractivity contribution in [2.75, 3.05) is 41.5 Å². The standard InChI is InChI=1S/C27H35N3O4/c1-18(23-15-19-9-6-7-11-22(19)28-23)30(14-12-21-10-8-13-29(21)2)27(31)20-16-24(32-3)26(34-5)25(17-20)33-4/h6-7,9,11,15-18,21,28H,8,10,12-14H2,1-5H3. The van der Waals surface area contributed by atoms with E-state index in [4.69, 9.17) is 14.2 Å². The Kier molecular flexibility index (Phi) is 7.32. The summed E-state index contributed by atoms with van der Waals surface area (Å²) in [5.74, 6) is 1.35. The molecule has 0 aliphatic carbocycles. The average Bonchev–Trinajstić information content (AvgIpc) is 3.48. The second kappa shape index (κ2) is 10.4. The van der Waals surface area contributed by atoms with Crippen molar-refractivity contribution in [1.29, 1.82) is 0 Å². The van der Waals surface area contributed by atoms with E-state index in [-0.39, 0.29) is 11.9 Å². The van der Waals surface area contributed by atoms with Gasteiger partial charge in [-0.3, -0.25) is 4.79 Å². The van der Waals surface area contributed by atoms with Crippen molar-refractivity contribution >= 4 is 16.8 Å². The number of H-pyrrole nitrogens is 1. The summed E-state index contributed by atoms with van der Waals surface area (Å²) < 4.78 is 16.4. The molecule has 1 aromatic heterocycles. The van der Waals surface area contributed by atoms with E-state index in [2.05, 4.69) is 42.1 Å². The van der Waals surface area contributed by atoms with Crippen molar-refractivity contribution < 1.29 is 19.0 Å². The fourth-order valence-electron chi connectivity index (χ4n) is 4.96. The summed E-state index contributed by atoms with van der Waals surface area (Å²) >= 11 is 0. The first kappa shape index (κ1) is 24.0. The zero-order valence-corrected chi connectivity index (χ0v) is 20.8. The average molecular weight is 466 g/mol. The molecule has 182 valence electrons. The second-order valence-corrected chi connectivity index (χ2v) is 8.97. The smallest absolute Gasteiger partial charge is 0.254 e. The van der Waals surface area contributed by atoms with Crippen molar-refractivity contribution in [1.82, 2.24) is 14.8 Å². The number of aromatic amines is 1. The molecule has 1 saturated heterocycles. The van der Waals surface area contributed by atoms with Gasteiger partial charge in [0.05, 0.1) is 27.4 Å². The number of amides is 1. The molecule has 1 aliphatic rings. The molecule has 2 atom stereocenters. The topological polar surface area (TPSA) is 67.0 Å². The molecule has 0 radical (unpaired) electrons. The van der Waals surface area contributed by atoms with Gasteiger partial charge in [0.2, 0.25) is 5.75 Å². The Morgan fingerprint density at radius 2 is 1.82 bits per heavy atom. The monoisotopic (exact) mass is 465 g/mol. The fraction of sp³-hybridized carbons (Fsp3) is 0.444. The van der Waals surface area contributed by atoms with Crippen LogP contribution < -0.4 is 14.2 Å². The molecular weight excluding hydrogens is 430 g/mol. The van der Waals surface area contributed by atoms with E-state index in [0.29, 0.717) is 35.4 Å². The van der Waals surface area contributed by atoms with Gasteiger partial charge in [-0.25, -0.2) is 0 Å². The molecule has 0 bridgehead atoms. The van der Waals surface area contributed by atoms with Crippen LogP contribution in [0.3, 0.4) is 0 Å². The Hall–Kier alpha value is -3.19. The van der Waals surface area contributed by atoms with Crippen molar-refractivity contribution in [3.8, 4) is 17.2 Å². The predicted molar refractivity (Wildman–Crippen MR) is 134 cm³/mol. The van der Waals surface area contributed by atoms with Gasteiger partial charge < -0.3 is 29.0 Å². The van der Waals surface area contributed by atoms with Crippen LogP contribution in [0.25, 0.3) is 10.9 Å². The maximum Gasteiger partial charge on any atom is 0.254 e. The third-order valence-corrected chi connectivity index (χ3v) is 7.02. The molecule has 2 unspecified atom stereocenters. The molecule has 2 aromatic carbocycles. The highest BCUT2D eigenvalue weighted by Gasteiger charge is 2.29. The Morgan fingerprint density at radius 3 is 2.41 bits per heavy atom. The highest BCUT2D eigenvalue weighted by atomic mass is 16.5. The minimum absolute atomic E-state index is 0.0638. The lowest BCUT2D eigenvalue weighted by atomic mass is 10.1. The fourth-order valence-corrected chi connectivity index (χ4v) is 4.96. The molecule has 1 amide bonds. The van der Waals surface area contributed by atoms with Gasteiger partial charge in [0.25, 0.3) is 5.91 Å². The number of rotatable bonds is 9. The highest BCUT2D eigenvalue weighted by molar-refractivity contribution is 5.96. The van der Waals surface area contributed by atoms with Crippen LogP contribution in [0.5, 0.6) is 17.2 Å². The summed E-state index contributed by atoms with van der Waals surface area (Å²) in [4.78, 5) is 21.8. The Morgan fingerprint density at radius 1 is 1.12 bits per heavy atom. The number of para-hydroxylation sites is 1. The highest BCUT2D eigenvalue weighted by Crippen LogP contribution is 2.39. The third kappa shape index (κ3) is 4.71. The van der Waals surface area contributed by atoms with E-state index in [0.717, 1.165) is 29.6 Å². The molecule has 34 heavy (non-hydrogen) atoms. The van der Waals surface area contributed by atoms with Crippen LogP contribution in [0, 0.1) is 0 Å². The largest absolute Gasteiger partial charge is 0.493 e. The van der Waals surface area contributed by atoms with E-state index in [1.54, 1.807) is 33.5 Å².